The number of phenolic OH excluding ortho intramolecular Hbond substituents is 1. The molecule has 0 saturated carbocycles. The summed E-state index contributed by atoms with van der Waals surface area (Å²) in [6, 6.07) is 15.1. The van der Waals surface area contributed by atoms with E-state index in [2.05, 4.69) is 22.0 Å². The van der Waals surface area contributed by atoms with Crippen molar-refractivity contribution in [3.05, 3.63) is 58.1 Å². The normalized spacial score (nSPS) is 11.0. The molecule has 0 aliphatic rings. The van der Waals surface area contributed by atoms with Gasteiger partial charge in [0.05, 0.1) is 22.7 Å². The van der Waals surface area contributed by atoms with Crippen LogP contribution in [0.5, 0.6) is 11.5 Å². The van der Waals surface area contributed by atoms with E-state index >= 15 is 0 Å². The lowest BCUT2D eigenvalue weighted by atomic mass is 10.0. The third-order valence-corrected chi connectivity index (χ3v) is 3.47. The zero-order valence-corrected chi connectivity index (χ0v) is 13.1. The van der Waals surface area contributed by atoms with E-state index in [-0.39, 0.29) is 5.75 Å². The number of hydrogen-bond donors (Lipinski definition) is 1. The summed E-state index contributed by atoms with van der Waals surface area (Å²) < 4.78 is 5.92. The van der Waals surface area contributed by atoms with Crippen molar-refractivity contribution < 1.29 is 9.84 Å². The van der Waals surface area contributed by atoms with Crippen molar-refractivity contribution in [2.75, 3.05) is 6.61 Å². The largest absolute Gasteiger partial charge is 0.503 e. The van der Waals surface area contributed by atoms with Gasteiger partial charge in [0.15, 0.2) is 11.5 Å². The van der Waals surface area contributed by atoms with Crippen LogP contribution in [0, 0.1) is 11.3 Å². The van der Waals surface area contributed by atoms with Crippen LogP contribution in [0.3, 0.4) is 0 Å². The molecule has 106 valence electrons. The van der Waals surface area contributed by atoms with Crippen LogP contribution in [0.2, 0.25) is 0 Å². The quantitative estimate of drug-likeness (QED) is 0.651. The SMILES string of the molecule is CCOc1cc(/C=C(/C#N)c2ccccc2)cc(Br)c1O. The van der Waals surface area contributed by atoms with Crippen molar-refractivity contribution in [2.45, 2.75) is 6.92 Å². The fraction of sp³-hybridized carbons (Fsp3) is 0.118. The molecule has 0 unspecified atom stereocenters. The monoisotopic (exact) mass is 343 g/mol. The molecule has 0 bridgehead atoms. The maximum absolute atomic E-state index is 9.90. The van der Waals surface area contributed by atoms with Gasteiger partial charge in [-0.05, 0) is 52.2 Å². The number of nitriles is 1. The minimum absolute atomic E-state index is 0.0622. The van der Waals surface area contributed by atoms with Crippen molar-refractivity contribution in [1.29, 1.82) is 5.26 Å². The predicted molar refractivity (Wildman–Crippen MR) is 86.9 cm³/mol. The molecule has 0 radical (unpaired) electrons. The molecule has 0 saturated heterocycles. The van der Waals surface area contributed by atoms with Gasteiger partial charge in [0.1, 0.15) is 0 Å². The lowest BCUT2D eigenvalue weighted by Gasteiger charge is -2.09. The topological polar surface area (TPSA) is 53.2 Å². The Kier molecular flexibility index (Phi) is 5.02. The van der Waals surface area contributed by atoms with E-state index in [0.29, 0.717) is 22.4 Å². The second-order valence-electron chi connectivity index (χ2n) is 4.32. The van der Waals surface area contributed by atoms with Crippen LogP contribution >= 0.6 is 15.9 Å². The Hall–Kier alpha value is -2.25. The van der Waals surface area contributed by atoms with Crippen LogP contribution in [-0.4, -0.2) is 11.7 Å². The van der Waals surface area contributed by atoms with Gasteiger partial charge in [-0.2, -0.15) is 5.26 Å². The first-order chi connectivity index (χ1) is 10.2. The summed E-state index contributed by atoms with van der Waals surface area (Å²) in [6.07, 6.45) is 1.77. The van der Waals surface area contributed by atoms with Gasteiger partial charge < -0.3 is 9.84 Å². The van der Waals surface area contributed by atoms with E-state index in [4.69, 9.17) is 4.74 Å². The van der Waals surface area contributed by atoms with E-state index in [1.807, 2.05) is 37.3 Å². The Balaban J connectivity index is 2.46. The number of rotatable bonds is 4. The average molecular weight is 344 g/mol. The fourth-order valence-corrected chi connectivity index (χ4v) is 2.37. The summed E-state index contributed by atoms with van der Waals surface area (Å²) in [4.78, 5) is 0. The van der Waals surface area contributed by atoms with Crippen LogP contribution in [0.4, 0.5) is 0 Å². The van der Waals surface area contributed by atoms with Crippen LogP contribution in [-0.2, 0) is 0 Å². The van der Waals surface area contributed by atoms with Crippen molar-refractivity contribution in [1.82, 2.24) is 0 Å². The third kappa shape index (κ3) is 3.65. The zero-order valence-electron chi connectivity index (χ0n) is 11.5. The summed E-state index contributed by atoms with van der Waals surface area (Å²) in [5.41, 5.74) is 2.18. The molecule has 21 heavy (non-hydrogen) atoms. The van der Waals surface area contributed by atoms with Gasteiger partial charge in [0, 0.05) is 0 Å². The Morgan fingerprint density at radius 1 is 1.33 bits per heavy atom. The van der Waals surface area contributed by atoms with Gasteiger partial charge in [-0.15, -0.1) is 0 Å². The van der Waals surface area contributed by atoms with Gasteiger partial charge in [0.25, 0.3) is 0 Å². The van der Waals surface area contributed by atoms with Gasteiger partial charge in [-0.25, -0.2) is 0 Å². The summed E-state index contributed by atoms with van der Waals surface area (Å²) in [5.74, 6) is 0.454. The molecule has 4 heteroatoms. The van der Waals surface area contributed by atoms with Gasteiger partial charge in [0.2, 0.25) is 0 Å². The lowest BCUT2D eigenvalue weighted by molar-refractivity contribution is 0.317. The minimum atomic E-state index is 0.0622. The molecule has 2 aromatic rings. The number of ether oxygens (including phenoxy) is 1. The summed E-state index contributed by atoms with van der Waals surface area (Å²) in [7, 11) is 0. The molecule has 0 aromatic heterocycles. The first kappa shape index (κ1) is 15.1. The summed E-state index contributed by atoms with van der Waals surface area (Å²) in [6.45, 7) is 2.30. The molecule has 0 aliphatic heterocycles. The first-order valence-corrected chi connectivity index (χ1v) is 7.27. The predicted octanol–water partition coefficient (Wildman–Crippen LogP) is 4.62. The number of hydrogen-bond acceptors (Lipinski definition) is 3. The van der Waals surface area contributed by atoms with Crippen LogP contribution in [0.1, 0.15) is 18.1 Å². The van der Waals surface area contributed by atoms with Crippen molar-refractivity contribution >= 4 is 27.6 Å². The maximum Gasteiger partial charge on any atom is 0.172 e. The number of benzene rings is 2. The van der Waals surface area contributed by atoms with E-state index in [9.17, 15) is 10.4 Å². The lowest BCUT2D eigenvalue weighted by Crippen LogP contribution is -1.93. The number of halogens is 1. The average Bonchev–Trinajstić information content (AvgIpc) is 2.50. The smallest absolute Gasteiger partial charge is 0.172 e. The Morgan fingerprint density at radius 2 is 2.05 bits per heavy atom. The highest BCUT2D eigenvalue weighted by Crippen LogP contribution is 2.36. The Bertz CT molecular complexity index is 703. The Morgan fingerprint density at radius 3 is 2.67 bits per heavy atom. The highest BCUT2D eigenvalue weighted by molar-refractivity contribution is 9.10. The molecule has 0 spiro atoms. The molecule has 3 nitrogen and oxygen atoms in total. The molecule has 0 aliphatic carbocycles. The molecular formula is C17H14BrNO2. The molecule has 0 fully saturated rings. The van der Waals surface area contributed by atoms with Crippen LogP contribution in [0.15, 0.2) is 46.9 Å². The highest BCUT2D eigenvalue weighted by Gasteiger charge is 2.09. The van der Waals surface area contributed by atoms with Gasteiger partial charge >= 0.3 is 0 Å². The standard InChI is InChI=1S/C17H14BrNO2/c1-2-21-16-10-12(9-15(18)17(16)20)8-14(11-19)13-6-4-3-5-7-13/h3-10,20H,2H2,1H3/b14-8-. The fourth-order valence-electron chi connectivity index (χ4n) is 1.91. The number of aromatic hydroxyl groups is 1. The number of allylic oxidation sites excluding steroid dienone is 1. The van der Waals surface area contributed by atoms with Crippen molar-refractivity contribution in [3.63, 3.8) is 0 Å². The maximum atomic E-state index is 9.90. The minimum Gasteiger partial charge on any atom is -0.503 e. The van der Waals surface area contributed by atoms with E-state index in [0.717, 1.165) is 11.1 Å². The second-order valence-corrected chi connectivity index (χ2v) is 5.17. The molecule has 0 amide bonds. The highest BCUT2D eigenvalue weighted by atomic mass is 79.9. The van der Waals surface area contributed by atoms with Crippen LogP contribution in [0.25, 0.3) is 11.6 Å². The van der Waals surface area contributed by atoms with Gasteiger partial charge in [-0.1, -0.05) is 30.3 Å². The first-order valence-electron chi connectivity index (χ1n) is 6.48. The van der Waals surface area contributed by atoms with Gasteiger partial charge in [-0.3, -0.25) is 0 Å². The van der Waals surface area contributed by atoms with Crippen LogP contribution < -0.4 is 4.74 Å². The summed E-state index contributed by atoms with van der Waals surface area (Å²) >= 11 is 3.29. The molecular weight excluding hydrogens is 330 g/mol. The number of phenols is 1. The number of nitrogens with zero attached hydrogens (tertiary/aromatic N) is 1. The van der Waals surface area contributed by atoms with E-state index < -0.39 is 0 Å². The van der Waals surface area contributed by atoms with E-state index in [1.165, 1.54) is 0 Å². The Labute approximate surface area is 132 Å². The third-order valence-electron chi connectivity index (χ3n) is 2.87. The van der Waals surface area contributed by atoms with E-state index in [1.54, 1.807) is 18.2 Å². The second kappa shape index (κ2) is 6.96. The summed E-state index contributed by atoms with van der Waals surface area (Å²) in [5, 5.41) is 19.2. The van der Waals surface area contributed by atoms with Crippen molar-refractivity contribution in [3.8, 4) is 17.6 Å². The molecule has 2 aromatic carbocycles. The molecule has 1 N–H and O–H groups in total. The van der Waals surface area contributed by atoms with Crippen molar-refractivity contribution in [2.24, 2.45) is 0 Å². The zero-order chi connectivity index (χ0) is 15.2. The molecule has 0 atom stereocenters. The molecule has 0 heterocycles. The molecule has 2 rings (SSSR count).